The minimum absolute atomic E-state index is 0.0193. The van der Waals surface area contributed by atoms with Crippen LogP contribution in [-0.2, 0) is 4.74 Å². The van der Waals surface area contributed by atoms with Crippen LogP contribution in [0, 0.1) is 5.41 Å². The molecule has 0 aliphatic carbocycles. The summed E-state index contributed by atoms with van der Waals surface area (Å²) in [5, 5.41) is 10.5. The molecule has 0 unspecified atom stereocenters. The number of aliphatic hydroxyl groups excluding tert-OH is 1. The number of ether oxygens (including phenoxy) is 2. The van der Waals surface area contributed by atoms with Crippen molar-refractivity contribution in [3.8, 4) is 5.75 Å². The molecule has 1 N–H and O–H groups in total. The molecule has 4 nitrogen and oxygen atoms in total. The number of rotatable bonds is 8. The summed E-state index contributed by atoms with van der Waals surface area (Å²) in [5.74, 6) is 0.842. The highest BCUT2D eigenvalue weighted by Gasteiger charge is 2.34. The van der Waals surface area contributed by atoms with Crippen LogP contribution in [0.3, 0.4) is 0 Å². The first-order valence-corrected chi connectivity index (χ1v) is 8.26. The summed E-state index contributed by atoms with van der Waals surface area (Å²) < 4.78 is 10.9. The van der Waals surface area contributed by atoms with Gasteiger partial charge in [-0.1, -0.05) is 11.6 Å². The van der Waals surface area contributed by atoms with Crippen molar-refractivity contribution in [1.29, 1.82) is 0 Å². The predicted octanol–water partition coefficient (Wildman–Crippen LogP) is 2.83. The second-order valence-electron chi connectivity index (χ2n) is 6.08. The van der Waals surface area contributed by atoms with Crippen molar-refractivity contribution in [1.82, 2.24) is 4.90 Å². The molecule has 0 bridgehead atoms. The fourth-order valence-corrected chi connectivity index (χ4v) is 3.18. The van der Waals surface area contributed by atoms with Crippen molar-refractivity contribution in [2.24, 2.45) is 5.41 Å². The molecule has 1 aromatic rings. The van der Waals surface area contributed by atoms with Crippen LogP contribution in [0.2, 0.25) is 5.02 Å². The van der Waals surface area contributed by atoms with Crippen LogP contribution in [0.25, 0.3) is 0 Å². The summed E-state index contributed by atoms with van der Waals surface area (Å²) in [4.78, 5) is 2.38. The average molecular weight is 328 g/mol. The predicted molar refractivity (Wildman–Crippen MR) is 88.6 cm³/mol. The van der Waals surface area contributed by atoms with E-state index in [1.165, 1.54) is 0 Å². The van der Waals surface area contributed by atoms with Crippen molar-refractivity contribution in [3.63, 3.8) is 0 Å². The number of halogens is 1. The third-order valence-electron chi connectivity index (χ3n) is 4.40. The molecular formula is C17H26ClNO3. The topological polar surface area (TPSA) is 41.9 Å². The van der Waals surface area contributed by atoms with Crippen LogP contribution in [0.5, 0.6) is 5.75 Å². The Labute approximate surface area is 138 Å². The molecular weight excluding hydrogens is 302 g/mol. The summed E-state index contributed by atoms with van der Waals surface area (Å²) >= 11 is 5.86. The molecule has 0 spiro atoms. The van der Waals surface area contributed by atoms with Gasteiger partial charge in [0, 0.05) is 37.2 Å². The van der Waals surface area contributed by atoms with E-state index in [1.807, 2.05) is 24.3 Å². The molecule has 0 saturated carbocycles. The van der Waals surface area contributed by atoms with E-state index in [4.69, 9.17) is 21.1 Å². The van der Waals surface area contributed by atoms with E-state index in [1.54, 1.807) is 7.11 Å². The minimum atomic E-state index is -0.0193. The van der Waals surface area contributed by atoms with Crippen molar-refractivity contribution in [2.45, 2.75) is 19.3 Å². The van der Waals surface area contributed by atoms with E-state index in [0.29, 0.717) is 18.2 Å². The number of hydrogen-bond acceptors (Lipinski definition) is 4. The summed E-state index contributed by atoms with van der Waals surface area (Å²) in [5.41, 5.74) is -0.0193. The maximum Gasteiger partial charge on any atom is 0.119 e. The van der Waals surface area contributed by atoms with Gasteiger partial charge in [0.1, 0.15) is 12.4 Å². The van der Waals surface area contributed by atoms with E-state index in [2.05, 4.69) is 4.90 Å². The van der Waals surface area contributed by atoms with Gasteiger partial charge < -0.3 is 14.6 Å². The second kappa shape index (κ2) is 8.73. The van der Waals surface area contributed by atoms with E-state index in [-0.39, 0.29) is 12.0 Å². The summed E-state index contributed by atoms with van der Waals surface area (Å²) in [6.45, 7) is 4.43. The smallest absolute Gasteiger partial charge is 0.119 e. The molecule has 1 atom stereocenters. The van der Waals surface area contributed by atoms with Crippen LogP contribution >= 0.6 is 11.6 Å². The van der Waals surface area contributed by atoms with E-state index in [9.17, 15) is 5.11 Å². The first-order chi connectivity index (χ1) is 10.7. The SMILES string of the molecule is COCC[C@@]1(CO)CCCN(CCOc2ccc(Cl)cc2)C1. The number of benzene rings is 1. The number of methoxy groups -OCH3 is 1. The monoisotopic (exact) mass is 327 g/mol. The zero-order chi connectivity index (χ0) is 15.8. The lowest BCUT2D eigenvalue weighted by molar-refractivity contribution is 0.00401. The Balaban J connectivity index is 1.78. The molecule has 1 saturated heterocycles. The Bertz CT molecular complexity index is 440. The fraction of sp³-hybridized carbons (Fsp3) is 0.647. The highest BCUT2D eigenvalue weighted by atomic mass is 35.5. The van der Waals surface area contributed by atoms with Gasteiger partial charge in [0.05, 0.1) is 6.61 Å². The number of nitrogens with zero attached hydrogens (tertiary/aromatic N) is 1. The van der Waals surface area contributed by atoms with Crippen molar-refractivity contribution >= 4 is 11.6 Å². The Kier molecular flexibility index (Phi) is 6.96. The zero-order valence-electron chi connectivity index (χ0n) is 13.3. The molecule has 0 amide bonds. The molecule has 1 fully saturated rings. The number of likely N-dealkylation sites (tertiary alicyclic amines) is 1. The molecule has 22 heavy (non-hydrogen) atoms. The second-order valence-corrected chi connectivity index (χ2v) is 6.52. The summed E-state index contributed by atoms with van der Waals surface area (Å²) in [6.07, 6.45) is 3.10. The van der Waals surface area contributed by atoms with Crippen molar-refractivity contribution in [2.75, 3.05) is 46.6 Å². The molecule has 2 rings (SSSR count). The van der Waals surface area contributed by atoms with Crippen LogP contribution in [0.1, 0.15) is 19.3 Å². The van der Waals surface area contributed by atoms with E-state index >= 15 is 0 Å². The zero-order valence-corrected chi connectivity index (χ0v) is 14.0. The standard InChI is InChI=1S/C17H26ClNO3/c1-21-11-8-17(14-20)7-2-9-19(13-17)10-12-22-16-5-3-15(18)4-6-16/h3-6,20H,2,7-14H2,1H3/t17-/m0/s1. The first kappa shape index (κ1) is 17.5. The number of hydrogen-bond donors (Lipinski definition) is 1. The Morgan fingerprint density at radius 3 is 2.73 bits per heavy atom. The van der Waals surface area contributed by atoms with E-state index in [0.717, 1.165) is 44.6 Å². The van der Waals surface area contributed by atoms with Crippen LogP contribution in [0.15, 0.2) is 24.3 Å². The van der Waals surface area contributed by atoms with Gasteiger partial charge >= 0.3 is 0 Å². The fourth-order valence-electron chi connectivity index (χ4n) is 3.06. The molecule has 0 aromatic heterocycles. The van der Waals surface area contributed by atoms with Gasteiger partial charge in [-0.3, -0.25) is 4.90 Å². The van der Waals surface area contributed by atoms with Gasteiger partial charge in [0.2, 0.25) is 0 Å². The number of piperidine rings is 1. The molecule has 5 heteroatoms. The Hall–Kier alpha value is -0.810. The molecule has 1 aromatic carbocycles. The lowest BCUT2D eigenvalue weighted by Crippen LogP contribution is -2.47. The Morgan fingerprint density at radius 2 is 2.05 bits per heavy atom. The van der Waals surface area contributed by atoms with Crippen LogP contribution in [0.4, 0.5) is 0 Å². The number of aliphatic hydroxyl groups is 1. The maximum absolute atomic E-state index is 9.79. The molecule has 1 aliphatic rings. The quantitative estimate of drug-likeness (QED) is 0.797. The molecule has 124 valence electrons. The average Bonchev–Trinajstić information content (AvgIpc) is 2.55. The lowest BCUT2D eigenvalue weighted by Gasteiger charge is -2.41. The third kappa shape index (κ3) is 5.13. The largest absolute Gasteiger partial charge is 0.492 e. The van der Waals surface area contributed by atoms with E-state index < -0.39 is 0 Å². The van der Waals surface area contributed by atoms with Crippen molar-refractivity contribution < 1.29 is 14.6 Å². The van der Waals surface area contributed by atoms with Gasteiger partial charge in [-0.2, -0.15) is 0 Å². The van der Waals surface area contributed by atoms with Gasteiger partial charge in [0.15, 0.2) is 0 Å². The summed E-state index contributed by atoms with van der Waals surface area (Å²) in [7, 11) is 1.71. The van der Waals surface area contributed by atoms with Gasteiger partial charge in [0.25, 0.3) is 0 Å². The maximum atomic E-state index is 9.79. The van der Waals surface area contributed by atoms with Gasteiger partial charge in [-0.05, 0) is 50.1 Å². The van der Waals surface area contributed by atoms with Crippen LogP contribution in [-0.4, -0.2) is 56.6 Å². The minimum Gasteiger partial charge on any atom is -0.492 e. The normalized spacial score (nSPS) is 22.7. The summed E-state index contributed by atoms with van der Waals surface area (Å²) in [6, 6.07) is 7.43. The Morgan fingerprint density at radius 1 is 1.27 bits per heavy atom. The molecule has 0 radical (unpaired) electrons. The molecule has 1 aliphatic heterocycles. The van der Waals surface area contributed by atoms with Crippen LogP contribution < -0.4 is 4.74 Å². The van der Waals surface area contributed by atoms with Crippen molar-refractivity contribution in [3.05, 3.63) is 29.3 Å². The van der Waals surface area contributed by atoms with Gasteiger partial charge in [-0.25, -0.2) is 0 Å². The molecule has 1 heterocycles. The highest BCUT2D eigenvalue weighted by molar-refractivity contribution is 6.30. The lowest BCUT2D eigenvalue weighted by atomic mass is 9.78. The third-order valence-corrected chi connectivity index (χ3v) is 4.65. The first-order valence-electron chi connectivity index (χ1n) is 7.88. The highest BCUT2D eigenvalue weighted by Crippen LogP contribution is 2.33. The van der Waals surface area contributed by atoms with Gasteiger partial charge in [-0.15, -0.1) is 0 Å².